The molecule has 1 fully saturated rings. The number of rotatable bonds is 1. The SMILES string of the molecule is CC(C)(C)OC(=O)N1C[C@H]2CC1c1c(O)n(-c3ccc(C#N)c(C(F)(F)F)c3)c(=O)n12. The first-order chi connectivity index (χ1) is 14.3. The molecule has 2 bridgehead atoms. The second kappa shape index (κ2) is 6.54. The average molecular weight is 436 g/mol. The molecule has 0 saturated carbocycles. The smallest absolute Gasteiger partial charge is 0.417 e. The van der Waals surface area contributed by atoms with E-state index in [-0.39, 0.29) is 17.9 Å². The van der Waals surface area contributed by atoms with Crippen molar-refractivity contribution in [3.05, 3.63) is 45.5 Å². The van der Waals surface area contributed by atoms with Crippen LogP contribution in [0.5, 0.6) is 5.88 Å². The summed E-state index contributed by atoms with van der Waals surface area (Å²) in [6.07, 6.45) is -5.00. The Kier molecular flexibility index (Phi) is 4.39. The summed E-state index contributed by atoms with van der Waals surface area (Å²) < 4.78 is 47.5. The van der Waals surface area contributed by atoms with Gasteiger partial charge in [0.2, 0.25) is 5.88 Å². The van der Waals surface area contributed by atoms with E-state index >= 15 is 0 Å². The summed E-state index contributed by atoms with van der Waals surface area (Å²) >= 11 is 0. The molecule has 31 heavy (non-hydrogen) atoms. The van der Waals surface area contributed by atoms with Crippen LogP contribution in [0.4, 0.5) is 18.0 Å². The number of carbonyl (C=O) groups is 1. The standard InChI is InChI=1S/C20H19F3N4O4/c1-19(2,3)31-18(30)25-9-12-7-14(25)15-16(28)27(17(29)26(12)15)11-5-4-10(8-24)13(6-11)20(21,22)23/h4-6,12,14,28H,7,9H2,1-3H3/t12-,14?/m1/s1. The number of amides is 1. The fourth-order valence-corrected chi connectivity index (χ4v) is 4.20. The number of likely N-dealkylation sites (tertiary alicyclic amines) is 1. The quantitative estimate of drug-likeness (QED) is 0.738. The van der Waals surface area contributed by atoms with Crippen molar-refractivity contribution >= 4 is 6.09 Å². The highest BCUT2D eigenvalue weighted by Gasteiger charge is 2.50. The van der Waals surface area contributed by atoms with Crippen LogP contribution in [0.1, 0.15) is 56.1 Å². The maximum atomic E-state index is 13.3. The lowest BCUT2D eigenvalue weighted by Gasteiger charge is -2.30. The largest absolute Gasteiger partial charge is 0.493 e. The molecule has 2 aliphatic heterocycles. The number of alkyl halides is 3. The third-order valence-corrected chi connectivity index (χ3v) is 5.37. The molecule has 1 aromatic heterocycles. The Morgan fingerprint density at radius 3 is 2.55 bits per heavy atom. The monoisotopic (exact) mass is 436 g/mol. The third kappa shape index (κ3) is 3.22. The number of halogens is 3. The van der Waals surface area contributed by atoms with Gasteiger partial charge in [-0.1, -0.05) is 0 Å². The van der Waals surface area contributed by atoms with Gasteiger partial charge in [0.05, 0.1) is 35.0 Å². The molecule has 1 aromatic carbocycles. The molecule has 1 saturated heterocycles. The number of benzene rings is 1. The van der Waals surface area contributed by atoms with Crippen LogP contribution in [-0.2, 0) is 10.9 Å². The lowest BCUT2D eigenvalue weighted by atomic mass is 10.1. The summed E-state index contributed by atoms with van der Waals surface area (Å²) in [5.74, 6) is -0.538. The molecule has 8 nitrogen and oxygen atoms in total. The molecule has 4 rings (SSSR count). The Morgan fingerprint density at radius 1 is 1.29 bits per heavy atom. The van der Waals surface area contributed by atoms with E-state index in [4.69, 9.17) is 10.00 Å². The number of aromatic nitrogens is 2. The van der Waals surface area contributed by atoms with Crippen molar-refractivity contribution in [1.29, 1.82) is 5.26 Å². The van der Waals surface area contributed by atoms with Gasteiger partial charge in [0, 0.05) is 6.54 Å². The summed E-state index contributed by atoms with van der Waals surface area (Å²) in [5.41, 5.74) is -3.30. The highest BCUT2D eigenvalue weighted by atomic mass is 19.4. The minimum Gasteiger partial charge on any atom is -0.493 e. The number of imidazole rings is 1. The normalized spacial score (nSPS) is 20.0. The molecule has 2 aromatic rings. The zero-order valence-corrected chi connectivity index (χ0v) is 16.9. The molecule has 2 aliphatic rings. The number of ether oxygens (including phenoxy) is 1. The first-order valence-corrected chi connectivity index (χ1v) is 9.51. The molecule has 1 N–H and O–H groups in total. The van der Waals surface area contributed by atoms with Crippen LogP contribution in [0.2, 0.25) is 0 Å². The summed E-state index contributed by atoms with van der Waals surface area (Å²) in [6.45, 7) is 5.34. The Labute approximate surface area is 174 Å². The second-order valence-electron chi connectivity index (χ2n) is 8.57. The van der Waals surface area contributed by atoms with Gasteiger partial charge in [0.25, 0.3) is 0 Å². The number of fused-ring (bicyclic) bond motifs is 5. The van der Waals surface area contributed by atoms with Crippen molar-refractivity contribution < 1.29 is 27.8 Å². The molecule has 0 radical (unpaired) electrons. The third-order valence-electron chi connectivity index (χ3n) is 5.37. The van der Waals surface area contributed by atoms with Crippen LogP contribution in [0.25, 0.3) is 5.69 Å². The molecule has 0 aliphatic carbocycles. The van der Waals surface area contributed by atoms with Crippen molar-refractivity contribution in [2.45, 2.75) is 51.1 Å². The average Bonchev–Trinajstić information content (AvgIpc) is 3.31. The van der Waals surface area contributed by atoms with E-state index in [0.29, 0.717) is 12.5 Å². The van der Waals surface area contributed by atoms with Gasteiger partial charge in [-0.15, -0.1) is 0 Å². The molecule has 1 unspecified atom stereocenters. The van der Waals surface area contributed by atoms with Crippen molar-refractivity contribution in [3.8, 4) is 17.6 Å². The fraction of sp³-hybridized carbons (Fsp3) is 0.450. The maximum Gasteiger partial charge on any atom is 0.417 e. The molecule has 2 atom stereocenters. The van der Waals surface area contributed by atoms with Crippen molar-refractivity contribution in [2.75, 3.05) is 6.54 Å². The first-order valence-electron chi connectivity index (χ1n) is 9.51. The van der Waals surface area contributed by atoms with Gasteiger partial charge in [-0.25, -0.2) is 14.2 Å². The highest BCUT2D eigenvalue weighted by molar-refractivity contribution is 5.70. The van der Waals surface area contributed by atoms with E-state index in [1.165, 1.54) is 15.5 Å². The van der Waals surface area contributed by atoms with Crippen molar-refractivity contribution in [3.63, 3.8) is 0 Å². The van der Waals surface area contributed by atoms with E-state index in [1.807, 2.05) is 0 Å². The van der Waals surface area contributed by atoms with Crippen LogP contribution in [0, 0.1) is 11.3 Å². The topological polar surface area (TPSA) is 100 Å². The molecule has 3 heterocycles. The Morgan fingerprint density at radius 2 is 1.97 bits per heavy atom. The van der Waals surface area contributed by atoms with Gasteiger partial charge < -0.3 is 9.84 Å². The molecular formula is C20H19F3N4O4. The summed E-state index contributed by atoms with van der Waals surface area (Å²) in [4.78, 5) is 26.9. The number of nitrogens with zero attached hydrogens (tertiary/aromatic N) is 4. The highest BCUT2D eigenvalue weighted by Crippen LogP contribution is 2.49. The predicted molar refractivity (Wildman–Crippen MR) is 101 cm³/mol. The van der Waals surface area contributed by atoms with Gasteiger partial charge in [0.1, 0.15) is 11.3 Å². The fourth-order valence-electron chi connectivity index (χ4n) is 4.20. The number of carbonyl (C=O) groups excluding carboxylic acids is 1. The number of hydrogen-bond acceptors (Lipinski definition) is 5. The van der Waals surface area contributed by atoms with Gasteiger partial charge in [0.15, 0.2) is 0 Å². The zero-order chi connectivity index (χ0) is 22.9. The summed E-state index contributed by atoms with van der Waals surface area (Å²) in [6, 6.07) is 3.20. The molecule has 11 heteroatoms. The van der Waals surface area contributed by atoms with E-state index < -0.39 is 52.7 Å². The van der Waals surface area contributed by atoms with E-state index in [0.717, 1.165) is 16.7 Å². The first kappa shape index (κ1) is 20.8. The van der Waals surface area contributed by atoms with Crippen LogP contribution in [0.15, 0.2) is 23.0 Å². The van der Waals surface area contributed by atoms with Gasteiger partial charge in [-0.05, 0) is 45.4 Å². The Balaban J connectivity index is 1.78. The predicted octanol–water partition coefficient (Wildman–Crippen LogP) is 3.47. The zero-order valence-electron chi connectivity index (χ0n) is 16.9. The number of aromatic hydroxyl groups is 1. The van der Waals surface area contributed by atoms with Crippen LogP contribution in [-0.4, -0.2) is 37.4 Å². The summed E-state index contributed by atoms with van der Waals surface area (Å²) in [7, 11) is 0. The Hall–Kier alpha value is -3.42. The molecular weight excluding hydrogens is 417 g/mol. The van der Waals surface area contributed by atoms with Crippen LogP contribution in [0.3, 0.4) is 0 Å². The van der Waals surface area contributed by atoms with Crippen molar-refractivity contribution in [2.24, 2.45) is 0 Å². The Bertz CT molecular complexity index is 1180. The second-order valence-corrected chi connectivity index (χ2v) is 8.57. The summed E-state index contributed by atoms with van der Waals surface area (Å²) in [5, 5.41) is 19.7. The molecule has 0 spiro atoms. The molecule has 1 amide bonds. The minimum atomic E-state index is -4.81. The van der Waals surface area contributed by atoms with Crippen molar-refractivity contribution in [1.82, 2.24) is 14.0 Å². The van der Waals surface area contributed by atoms with Gasteiger partial charge in [-0.2, -0.15) is 18.4 Å². The minimum absolute atomic E-state index is 0.157. The van der Waals surface area contributed by atoms with E-state index in [9.17, 15) is 27.9 Å². The molecule has 164 valence electrons. The number of hydrogen-bond donors (Lipinski definition) is 1. The van der Waals surface area contributed by atoms with Crippen LogP contribution < -0.4 is 5.69 Å². The van der Waals surface area contributed by atoms with E-state index in [1.54, 1.807) is 20.8 Å². The lowest BCUT2D eigenvalue weighted by molar-refractivity contribution is -0.137. The number of nitriles is 1. The van der Waals surface area contributed by atoms with E-state index in [2.05, 4.69) is 0 Å². The van der Waals surface area contributed by atoms with Gasteiger partial charge >= 0.3 is 18.0 Å². The van der Waals surface area contributed by atoms with Crippen LogP contribution >= 0.6 is 0 Å². The maximum absolute atomic E-state index is 13.3. The lowest BCUT2D eigenvalue weighted by Crippen LogP contribution is -2.40. The van der Waals surface area contributed by atoms with Gasteiger partial charge in [-0.3, -0.25) is 9.47 Å².